The van der Waals surface area contributed by atoms with Crippen molar-refractivity contribution in [1.82, 2.24) is 5.32 Å². The molecule has 80 valence electrons. The fourth-order valence-corrected chi connectivity index (χ4v) is 1.92. The average molecular weight is 269 g/mol. The van der Waals surface area contributed by atoms with E-state index in [1.54, 1.807) is 0 Å². The molecule has 0 bridgehead atoms. The SMILES string of the molecule is O=C(Nc1ccc(Br)cc1)[C@@H]1CCNC1. The molecule has 1 heterocycles. The monoisotopic (exact) mass is 268 g/mol. The zero-order chi connectivity index (χ0) is 10.7. The van der Waals surface area contributed by atoms with Crippen molar-refractivity contribution in [1.29, 1.82) is 0 Å². The van der Waals surface area contributed by atoms with Crippen molar-refractivity contribution >= 4 is 27.5 Å². The number of amides is 1. The van der Waals surface area contributed by atoms with Gasteiger partial charge in [-0.3, -0.25) is 4.79 Å². The molecule has 0 unspecified atom stereocenters. The van der Waals surface area contributed by atoms with Crippen molar-refractivity contribution in [3.05, 3.63) is 28.7 Å². The van der Waals surface area contributed by atoms with Gasteiger partial charge in [-0.2, -0.15) is 0 Å². The maximum Gasteiger partial charge on any atom is 0.228 e. The molecule has 1 amide bonds. The van der Waals surface area contributed by atoms with Gasteiger partial charge < -0.3 is 10.6 Å². The summed E-state index contributed by atoms with van der Waals surface area (Å²) in [7, 11) is 0. The van der Waals surface area contributed by atoms with E-state index in [9.17, 15) is 4.79 Å². The normalized spacial score (nSPS) is 20.2. The lowest BCUT2D eigenvalue weighted by molar-refractivity contribution is -0.119. The summed E-state index contributed by atoms with van der Waals surface area (Å²) in [6.45, 7) is 1.74. The van der Waals surface area contributed by atoms with Crippen LogP contribution in [0.15, 0.2) is 28.7 Å². The predicted molar refractivity (Wildman–Crippen MR) is 63.7 cm³/mol. The van der Waals surface area contributed by atoms with Crippen LogP contribution in [0, 0.1) is 5.92 Å². The van der Waals surface area contributed by atoms with Crippen molar-refractivity contribution in [2.24, 2.45) is 5.92 Å². The second-order valence-corrected chi connectivity index (χ2v) is 4.60. The molecular formula is C11H13BrN2O. The first-order chi connectivity index (χ1) is 7.25. The van der Waals surface area contributed by atoms with Crippen molar-refractivity contribution in [2.45, 2.75) is 6.42 Å². The van der Waals surface area contributed by atoms with E-state index in [0.717, 1.165) is 29.7 Å². The van der Waals surface area contributed by atoms with Crippen LogP contribution in [0.3, 0.4) is 0 Å². The number of anilines is 1. The summed E-state index contributed by atoms with van der Waals surface area (Å²) in [6, 6.07) is 7.62. The average Bonchev–Trinajstić information content (AvgIpc) is 2.74. The first-order valence-electron chi connectivity index (χ1n) is 5.03. The third-order valence-electron chi connectivity index (χ3n) is 2.54. The fourth-order valence-electron chi connectivity index (χ4n) is 1.66. The van der Waals surface area contributed by atoms with E-state index in [4.69, 9.17) is 0 Å². The predicted octanol–water partition coefficient (Wildman–Crippen LogP) is 2.00. The van der Waals surface area contributed by atoms with E-state index in [2.05, 4.69) is 26.6 Å². The molecule has 0 aromatic heterocycles. The molecule has 15 heavy (non-hydrogen) atoms. The molecule has 3 nitrogen and oxygen atoms in total. The Kier molecular flexibility index (Phi) is 3.38. The second kappa shape index (κ2) is 4.77. The molecule has 1 aliphatic rings. The molecule has 4 heteroatoms. The molecule has 2 N–H and O–H groups in total. The maximum atomic E-state index is 11.7. The van der Waals surface area contributed by atoms with E-state index in [1.165, 1.54) is 0 Å². The summed E-state index contributed by atoms with van der Waals surface area (Å²) >= 11 is 3.36. The zero-order valence-corrected chi connectivity index (χ0v) is 9.88. The largest absolute Gasteiger partial charge is 0.326 e. The van der Waals surface area contributed by atoms with Gasteiger partial charge in [0.2, 0.25) is 5.91 Å². The highest BCUT2D eigenvalue weighted by Gasteiger charge is 2.22. The number of nitrogens with one attached hydrogen (secondary N) is 2. The molecule has 0 aliphatic carbocycles. The van der Waals surface area contributed by atoms with Gasteiger partial charge in [0.05, 0.1) is 5.92 Å². The van der Waals surface area contributed by atoms with Crippen LogP contribution in [0.25, 0.3) is 0 Å². The van der Waals surface area contributed by atoms with Crippen LogP contribution < -0.4 is 10.6 Å². The molecule has 1 aliphatic heterocycles. The Morgan fingerprint density at radius 1 is 1.40 bits per heavy atom. The van der Waals surface area contributed by atoms with E-state index in [0.29, 0.717) is 0 Å². The van der Waals surface area contributed by atoms with Crippen LogP contribution in [0.1, 0.15) is 6.42 Å². The van der Waals surface area contributed by atoms with Gasteiger partial charge in [0.1, 0.15) is 0 Å². The van der Waals surface area contributed by atoms with Crippen molar-refractivity contribution < 1.29 is 4.79 Å². The highest BCUT2D eigenvalue weighted by atomic mass is 79.9. The number of carbonyl (C=O) groups is 1. The van der Waals surface area contributed by atoms with Gasteiger partial charge in [-0.05, 0) is 37.2 Å². The van der Waals surface area contributed by atoms with E-state index in [1.807, 2.05) is 24.3 Å². The molecule has 0 radical (unpaired) electrons. The number of carbonyl (C=O) groups excluding carboxylic acids is 1. The highest BCUT2D eigenvalue weighted by Crippen LogP contribution is 2.16. The third kappa shape index (κ3) is 2.79. The van der Waals surface area contributed by atoms with Crippen LogP contribution >= 0.6 is 15.9 Å². The lowest BCUT2D eigenvalue weighted by Crippen LogP contribution is -2.24. The lowest BCUT2D eigenvalue weighted by Gasteiger charge is -2.09. The van der Waals surface area contributed by atoms with Gasteiger partial charge in [-0.1, -0.05) is 15.9 Å². The Hall–Kier alpha value is -0.870. The Bertz CT molecular complexity index is 344. The van der Waals surface area contributed by atoms with Gasteiger partial charge in [0, 0.05) is 16.7 Å². The minimum atomic E-state index is 0.113. The van der Waals surface area contributed by atoms with Gasteiger partial charge in [0.15, 0.2) is 0 Å². The van der Waals surface area contributed by atoms with Crippen LogP contribution in [0.5, 0.6) is 0 Å². The number of halogens is 1. The van der Waals surface area contributed by atoms with Crippen molar-refractivity contribution in [2.75, 3.05) is 18.4 Å². The summed E-state index contributed by atoms with van der Waals surface area (Å²) in [5.74, 6) is 0.232. The smallest absolute Gasteiger partial charge is 0.228 e. The Morgan fingerprint density at radius 2 is 2.13 bits per heavy atom. The topological polar surface area (TPSA) is 41.1 Å². The third-order valence-corrected chi connectivity index (χ3v) is 3.07. The maximum absolute atomic E-state index is 11.7. The number of rotatable bonds is 2. The lowest BCUT2D eigenvalue weighted by atomic mass is 10.1. The number of hydrogen-bond acceptors (Lipinski definition) is 2. The van der Waals surface area contributed by atoms with Gasteiger partial charge in [-0.25, -0.2) is 0 Å². The number of hydrogen-bond donors (Lipinski definition) is 2. The quantitative estimate of drug-likeness (QED) is 0.862. The highest BCUT2D eigenvalue weighted by molar-refractivity contribution is 9.10. The molecular weight excluding hydrogens is 256 g/mol. The Balaban J connectivity index is 1.96. The molecule has 0 spiro atoms. The van der Waals surface area contributed by atoms with Crippen LogP contribution in [0.2, 0.25) is 0 Å². The minimum absolute atomic E-state index is 0.113. The van der Waals surface area contributed by atoms with E-state index < -0.39 is 0 Å². The van der Waals surface area contributed by atoms with Crippen LogP contribution in [-0.4, -0.2) is 19.0 Å². The van der Waals surface area contributed by atoms with Crippen LogP contribution in [-0.2, 0) is 4.79 Å². The Morgan fingerprint density at radius 3 is 2.73 bits per heavy atom. The zero-order valence-electron chi connectivity index (χ0n) is 8.29. The standard InChI is InChI=1S/C11H13BrN2O/c12-9-1-3-10(4-2-9)14-11(15)8-5-6-13-7-8/h1-4,8,13H,5-7H2,(H,14,15)/t8-/m1/s1. The van der Waals surface area contributed by atoms with E-state index >= 15 is 0 Å². The molecule has 1 fully saturated rings. The second-order valence-electron chi connectivity index (χ2n) is 3.69. The summed E-state index contributed by atoms with van der Waals surface area (Å²) in [4.78, 5) is 11.7. The van der Waals surface area contributed by atoms with Crippen molar-refractivity contribution in [3.8, 4) is 0 Å². The first kappa shape index (κ1) is 10.6. The molecule has 1 aromatic rings. The molecule has 2 rings (SSSR count). The first-order valence-corrected chi connectivity index (χ1v) is 5.82. The fraction of sp³-hybridized carbons (Fsp3) is 0.364. The van der Waals surface area contributed by atoms with Gasteiger partial charge in [-0.15, -0.1) is 0 Å². The molecule has 0 saturated carbocycles. The number of benzene rings is 1. The summed E-state index contributed by atoms with van der Waals surface area (Å²) in [6.07, 6.45) is 0.933. The summed E-state index contributed by atoms with van der Waals surface area (Å²) < 4.78 is 1.02. The Labute approximate surface area is 97.4 Å². The van der Waals surface area contributed by atoms with Crippen molar-refractivity contribution in [3.63, 3.8) is 0 Å². The minimum Gasteiger partial charge on any atom is -0.326 e. The van der Waals surface area contributed by atoms with E-state index in [-0.39, 0.29) is 11.8 Å². The molecule has 1 atom stereocenters. The van der Waals surface area contributed by atoms with Gasteiger partial charge in [0.25, 0.3) is 0 Å². The van der Waals surface area contributed by atoms with Gasteiger partial charge >= 0.3 is 0 Å². The molecule has 1 saturated heterocycles. The summed E-state index contributed by atoms with van der Waals surface area (Å²) in [5, 5.41) is 6.09. The van der Waals surface area contributed by atoms with Crippen LogP contribution in [0.4, 0.5) is 5.69 Å². The molecule has 1 aromatic carbocycles. The summed E-state index contributed by atoms with van der Waals surface area (Å²) in [5.41, 5.74) is 0.857.